The lowest BCUT2D eigenvalue weighted by molar-refractivity contribution is -0.161. The summed E-state index contributed by atoms with van der Waals surface area (Å²) in [5, 5.41) is 10.6. The van der Waals surface area contributed by atoms with E-state index in [0.717, 1.165) is 108 Å². The molecule has 3 N–H and O–H groups in total. The number of aliphatic hydroxyl groups is 1. The van der Waals surface area contributed by atoms with Gasteiger partial charge in [-0.1, -0.05) is 305 Å². The van der Waals surface area contributed by atoms with Crippen molar-refractivity contribution in [2.45, 2.75) is 375 Å². The van der Waals surface area contributed by atoms with Crippen molar-refractivity contribution in [2.75, 3.05) is 39.6 Å². The molecule has 0 spiro atoms. The van der Waals surface area contributed by atoms with Gasteiger partial charge < -0.3 is 33.8 Å². The second kappa shape index (κ2) is 61.9. The second-order valence-electron chi connectivity index (χ2n) is 26.8. The van der Waals surface area contributed by atoms with Crippen LogP contribution >= 0.6 is 15.6 Å². The first-order chi connectivity index (χ1) is 43.3. The van der Waals surface area contributed by atoms with Crippen LogP contribution in [0.15, 0.2) is 0 Å². The molecule has 0 aliphatic carbocycles. The summed E-state index contributed by atoms with van der Waals surface area (Å²) in [6, 6.07) is 0. The quantitative estimate of drug-likeness (QED) is 0.0222. The van der Waals surface area contributed by atoms with Gasteiger partial charge in [0.05, 0.1) is 26.4 Å². The molecular weight excluding hydrogens is 1190 g/mol. The van der Waals surface area contributed by atoms with Gasteiger partial charge in [0.2, 0.25) is 0 Å². The lowest BCUT2D eigenvalue weighted by Gasteiger charge is -2.21. The Kier molecular flexibility index (Phi) is 60.6. The van der Waals surface area contributed by atoms with Gasteiger partial charge in [0.25, 0.3) is 0 Å². The van der Waals surface area contributed by atoms with Gasteiger partial charge in [0, 0.05) is 25.7 Å². The lowest BCUT2D eigenvalue weighted by Crippen LogP contribution is -2.30. The van der Waals surface area contributed by atoms with Gasteiger partial charge >= 0.3 is 39.5 Å². The number of phosphoric ester groups is 2. The number of ether oxygens (including phenoxy) is 4. The van der Waals surface area contributed by atoms with Crippen LogP contribution in [0.4, 0.5) is 0 Å². The van der Waals surface area contributed by atoms with Gasteiger partial charge in [-0.2, -0.15) is 0 Å². The van der Waals surface area contributed by atoms with E-state index in [1.54, 1.807) is 0 Å². The number of carbonyl (C=O) groups excluding carboxylic acids is 4. The zero-order valence-electron chi connectivity index (χ0n) is 58.6. The summed E-state index contributed by atoms with van der Waals surface area (Å²) in [4.78, 5) is 72.6. The van der Waals surface area contributed by atoms with Crippen LogP contribution in [-0.2, 0) is 65.4 Å². The van der Waals surface area contributed by atoms with Crippen LogP contribution in [0.3, 0.4) is 0 Å². The summed E-state index contributed by atoms with van der Waals surface area (Å²) in [5.41, 5.74) is 0. The third-order valence-electron chi connectivity index (χ3n) is 16.7. The number of aliphatic hydroxyl groups excluding tert-OH is 1. The van der Waals surface area contributed by atoms with Crippen LogP contribution in [0.25, 0.3) is 0 Å². The average Bonchev–Trinajstić information content (AvgIpc) is 2.28. The molecule has 3 unspecified atom stereocenters. The number of hydrogen-bond acceptors (Lipinski definition) is 15. The van der Waals surface area contributed by atoms with E-state index >= 15 is 0 Å². The van der Waals surface area contributed by atoms with Gasteiger partial charge in [0.15, 0.2) is 12.2 Å². The number of unbranched alkanes of at least 4 members (excludes halogenated alkanes) is 36. The summed E-state index contributed by atoms with van der Waals surface area (Å²) < 4.78 is 68.3. The number of phosphoric acid groups is 2. The van der Waals surface area contributed by atoms with Crippen molar-refractivity contribution < 1.29 is 80.2 Å². The second-order valence-corrected chi connectivity index (χ2v) is 29.7. The SMILES string of the molecule is CCCCCCCCCCCCCCCCCC(=O)O[C@H](COC(=O)CCCCCCCCCCCCCC(C)C)COP(=O)(O)OC[C@@H](O)COP(=O)(O)OC[C@@H](COC(=O)CCCCCCCCC(C)C)OC(=O)CCCCCCCCCCC(C)CC. The first kappa shape index (κ1) is 88.1. The molecule has 534 valence electrons. The molecule has 0 fully saturated rings. The fourth-order valence-corrected chi connectivity index (χ4v) is 12.3. The molecule has 0 aliphatic heterocycles. The summed E-state index contributed by atoms with van der Waals surface area (Å²) in [7, 11) is -9.90. The molecule has 0 amide bonds. The predicted molar refractivity (Wildman–Crippen MR) is 363 cm³/mol. The van der Waals surface area contributed by atoms with E-state index in [1.807, 2.05) is 0 Å². The van der Waals surface area contributed by atoms with E-state index in [-0.39, 0.29) is 25.7 Å². The molecular formula is C71H138O17P2. The Morgan fingerprint density at radius 3 is 0.844 bits per heavy atom. The standard InChI is InChI=1S/C71H138O17P2/c1-8-10-11-12-13-14-15-16-17-18-21-25-31-40-47-54-70(75)87-66(58-81-68(73)52-45-38-30-24-22-19-20-23-28-35-42-49-62(3)4)60-85-89(77,78)83-56-65(72)57-84-90(79,80)86-61-67(59-82-69(74)53-46-39-34-33-36-43-50-63(5)6)88-71(76)55-48-41-32-27-26-29-37-44-51-64(7)9-2/h62-67,72H,8-61H2,1-7H3,(H,77,78)(H,79,80)/t64?,65-,66-,67-/m1/s1. The van der Waals surface area contributed by atoms with Crippen molar-refractivity contribution in [3.05, 3.63) is 0 Å². The highest BCUT2D eigenvalue weighted by Crippen LogP contribution is 2.45. The minimum atomic E-state index is -4.95. The van der Waals surface area contributed by atoms with Crippen LogP contribution in [0.5, 0.6) is 0 Å². The van der Waals surface area contributed by atoms with Crippen LogP contribution < -0.4 is 0 Å². The Hall–Kier alpha value is -1.94. The predicted octanol–water partition coefficient (Wildman–Crippen LogP) is 20.2. The van der Waals surface area contributed by atoms with Crippen molar-refractivity contribution in [3.63, 3.8) is 0 Å². The molecule has 0 bridgehead atoms. The summed E-state index contributed by atoms with van der Waals surface area (Å²) >= 11 is 0. The van der Waals surface area contributed by atoms with Crippen LogP contribution in [-0.4, -0.2) is 96.7 Å². The fourth-order valence-electron chi connectivity index (χ4n) is 10.7. The molecule has 0 aliphatic rings. The first-order valence-electron chi connectivity index (χ1n) is 36.9. The van der Waals surface area contributed by atoms with Crippen molar-refractivity contribution in [1.29, 1.82) is 0 Å². The van der Waals surface area contributed by atoms with Crippen LogP contribution in [0.2, 0.25) is 0 Å². The summed E-state index contributed by atoms with van der Waals surface area (Å²) in [6.45, 7) is 11.8. The van der Waals surface area contributed by atoms with Gasteiger partial charge in [-0.05, 0) is 43.4 Å². The largest absolute Gasteiger partial charge is 0.472 e. The van der Waals surface area contributed by atoms with E-state index < -0.39 is 97.5 Å². The molecule has 0 radical (unpaired) electrons. The Morgan fingerprint density at radius 2 is 0.567 bits per heavy atom. The fraction of sp³-hybridized carbons (Fsp3) is 0.944. The van der Waals surface area contributed by atoms with Gasteiger partial charge in [-0.25, -0.2) is 9.13 Å². The molecule has 0 saturated carbocycles. The highest BCUT2D eigenvalue weighted by Gasteiger charge is 2.30. The zero-order valence-corrected chi connectivity index (χ0v) is 60.4. The molecule has 6 atom stereocenters. The van der Waals surface area contributed by atoms with Crippen LogP contribution in [0, 0.1) is 17.8 Å². The molecule has 0 aromatic heterocycles. The maximum Gasteiger partial charge on any atom is 0.472 e. The van der Waals surface area contributed by atoms with E-state index in [4.69, 9.17) is 37.0 Å². The molecule has 0 aromatic rings. The third kappa shape index (κ3) is 63.5. The maximum absolute atomic E-state index is 13.0. The number of rotatable bonds is 69. The minimum Gasteiger partial charge on any atom is -0.462 e. The third-order valence-corrected chi connectivity index (χ3v) is 18.6. The molecule has 0 aromatic carbocycles. The molecule has 90 heavy (non-hydrogen) atoms. The summed E-state index contributed by atoms with van der Waals surface area (Å²) in [6.07, 6.45) is 45.9. The van der Waals surface area contributed by atoms with Crippen molar-refractivity contribution >= 4 is 39.5 Å². The van der Waals surface area contributed by atoms with Gasteiger partial charge in [0.1, 0.15) is 19.3 Å². The average molecular weight is 1330 g/mol. The highest BCUT2D eigenvalue weighted by atomic mass is 31.2. The lowest BCUT2D eigenvalue weighted by atomic mass is 9.99. The van der Waals surface area contributed by atoms with E-state index in [9.17, 15) is 43.2 Å². The summed E-state index contributed by atoms with van der Waals surface area (Å²) in [5.74, 6) is 0.0932. The van der Waals surface area contributed by atoms with E-state index in [1.165, 1.54) is 161 Å². The number of esters is 4. The minimum absolute atomic E-state index is 0.104. The monoisotopic (exact) mass is 1320 g/mol. The number of carbonyl (C=O) groups is 4. The van der Waals surface area contributed by atoms with Crippen LogP contribution in [0.1, 0.15) is 357 Å². The normalized spacial score (nSPS) is 14.5. The topological polar surface area (TPSA) is 237 Å². The molecule has 19 heteroatoms. The van der Waals surface area contributed by atoms with Crippen molar-refractivity contribution in [2.24, 2.45) is 17.8 Å². The van der Waals surface area contributed by atoms with Crippen molar-refractivity contribution in [1.82, 2.24) is 0 Å². The van der Waals surface area contributed by atoms with Gasteiger partial charge in [-0.15, -0.1) is 0 Å². The van der Waals surface area contributed by atoms with E-state index in [0.29, 0.717) is 31.6 Å². The Morgan fingerprint density at radius 1 is 0.322 bits per heavy atom. The molecule has 0 rings (SSSR count). The van der Waals surface area contributed by atoms with Crippen molar-refractivity contribution in [3.8, 4) is 0 Å². The molecule has 17 nitrogen and oxygen atoms in total. The number of hydrogen-bond donors (Lipinski definition) is 3. The van der Waals surface area contributed by atoms with Gasteiger partial charge in [-0.3, -0.25) is 37.3 Å². The Labute approximate surface area is 549 Å². The Bertz CT molecular complexity index is 1770. The smallest absolute Gasteiger partial charge is 0.462 e. The molecule has 0 saturated heterocycles. The highest BCUT2D eigenvalue weighted by molar-refractivity contribution is 7.47. The first-order valence-corrected chi connectivity index (χ1v) is 39.9. The maximum atomic E-state index is 13.0. The van der Waals surface area contributed by atoms with E-state index in [2.05, 4.69) is 48.5 Å². The molecule has 0 heterocycles. The Balaban J connectivity index is 5.25. The zero-order chi connectivity index (χ0) is 66.6.